The van der Waals surface area contributed by atoms with Gasteiger partial charge in [-0.1, -0.05) is 54.6 Å². The van der Waals surface area contributed by atoms with Crippen LogP contribution in [0.4, 0.5) is 0 Å². The lowest BCUT2D eigenvalue weighted by Gasteiger charge is -2.21. The van der Waals surface area contributed by atoms with Crippen molar-refractivity contribution in [3.05, 3.63) is 90.0 Å². The summed E-state index contributed by atoms with van der Waals surface area (Å²) in [5, 5.41) is 2.82. The number of carbonyl (C=O) groups is 1. The molecule has 0 saturated carbocycles. The molecule has 3 aromatic rings. The van der Waals surface area contributed by atoms with Crippen molar-refractivity contribution < 1.29 is 14.3 Å². The monoisotopic (exact) mass is 391 g/mol. The van der Waals surface area contributed by atoms with E-state index in [2.05, 4.69) is 5.32 Å². The van der Waals surface area contributed by atoms with Crippen molar-refractivity contribution in [3.8, 4) is 11.5 Å². The minimum atomic E-state index is -0.333. The molecule has 28 heavy (non-hydrogen) atoms. The Morgan fingerprint density at radius 2 is 1.57 bits per heavy atom. The summed E-state index contributed by atoms with van der Waals surface area (Å²) < 4.78 is 10.8. The van der Waals surface area contributed by atoms with Crippen LogP contribution in [0.2, 0.25) is 0 Å². The summed E-state index contributed by atoms with van der Waals surface area (Å²) in [4.78, 5) is 14.2. The van der Waals surface area contributed by atoms with Gasteiger partial charge in [-0.2, -0.15) is 0 Å². The van der Waals surface area contributed by atoms with Crippen molar-refractivity contribution in [2.75, 3.05) is 6.79 Å². The molecule has 0 aliphatic carbocycles. The number of nitrogens with one attached hydrogen (secondary N) is 1. The van der Waals surface area contributed by atoms with Crippen LogP contribution >= 0.6 is 11.8 Å². The molecule has 0 radical (unpaired) electrons. The number of amides is 1. The van der Waals surface area contributed by atoms with Crippen molar-refractivity contribution in [1.82, 2.24) is 5.32 Å². The van der Waals surface area contributed by atoms with E-state index in [-0.39, 0.29) is 24.0 Å². The van der Waals surface area contributed by atoms with Gasteiger partial charge in [-0.3, -0.25) is 4.79 Å². The predicted octanol–water partition coefficient (Wildman–Crippen LogP) is 5.13. The number of thioether (sulfide) groups is 1. The molecule has 142 valence electrons. The average molecular weight is 391 g/mol. The van der Waals surface area contributed by atoms with Crippen molar-refractivity contribution in [2.24, 2.45) is 0 Å². The number of carbonyl (C=O) groups excluding carboxylic acids is 1. The van der Waals surface area contributed by atoms with Gasteiger partial charge in [0, 0.05) is 4.90 Å². The third kappa shape index (κ3) is 4.15. The molecule has 1 amide bonds. The number of hydrogen-bond acceptors (Lipinski definition) is 4. The zero-order valence-electron chi connectivity index (χ0n) is 15.5. The Morgan fingerprint density at radius 1 is 0.893 bits per heavy atom. The van der Waals surface area contributed by atoms with E-state index in [0.29, 0.717) is 0 Å². The second kappa shape index (κ2) is 8.40. The number of rotatable bonds is 6. The van der Waals surface area contributed by atoms with Crippen LogP contribution in [0.3, 0.4) is 0 Å². The molecule has 4 rings (SSSR count). The Bertz CT molecular complexity index is 947. The Labute approximate surface area is 168 Å². The molecular weight excluding hydrogens is 370 g/mol. The highest BCUT2D eigenvalue weighted by Crippen LogP contribution is 2.37. The van der Waals surface area contributed by atoms with Crippen LogP contribution in [-0.2, 0) is 4.79 Å². The summed E-state index contributed by atoms with van der Waals surface area (Å²) in [6.45, 7) is 2.22. The first-order chi connectivity index (χ1) is 13.7. The van der Waals surface area contributed by atoms with Crippen LogP contribution in [0.15, 0.2) is 83.8 Å². The topological polar surface area (TPSA) is 47.6 Å². The van der Waals surface area contributed by atoms with Gasteiger partial charge in [0.15, 0.2) is 11.5 Å². The van der Waals surface area contributed by atoms with Crippen LogP contribution in [0, 0.1) is 0 Å². The van der Waals surface area contributed by atoms with E-state index in [4.69, 9.17) is 9.47 Å². The molecule has 0 unspecified atom stereocenters. The second-order valence-corrected chi connectivity index (χ2v) is 7.74. The van der Waals surface area contributed by atoms with Gasteiger partial charge in [0.05, 0.1) is 6.04 Å². The number of ether oxygens (including phenoxy) is 2. The van der Waals surface area contributed by atoms with Gasteiger partial charge in [0.2, 0.25) is 12.7 Å². The highest BCUT2D eigenvalue weighted by Gasteiger charge is 2.24. The maximum Gasteiger partial charge on any atom is 0.238 e. The summed E-state index contributed by atoms with van der Waals surface area (Å²) >= 11 is 1.55. The quantitative estimate of drug-likeness (QED) is 0.592. The fourth-order valence-corrected chi connectivity index (χ4v) is 4.15. The second-order valence-electron chi connectivity index (χ2n) is 6.56. The molecule has 4 nitrogen and oxygen atoms in total. The van der Waals surface area contributed by atoms with Gasteiger partial charge >= 0.3 is 0 Å². The fourth-order valence-electron chi connectivity index (χ4n) is 3.09. The molecule has 0 fully saturated rings. The third-order valence-electron chi connectivity index (χ3n) is 4.59. The maximum atomic E-state index is 13.2. The molecule has 3 aromatic carbocycles. The van der Waals surface area contributed by atoms with E-state index >= 15 is 0 Å². The molecule has 1 heterocycles. The van der Waals surface area contributed by atoms with Gasteiger partial charge in [-0.05, 0) is 42.3 Å². The minimum Gasteiger partial charge on any atom is -0.454 e. The molecule has 0 spiro atoms. The first kappa shape index (κ1) is 18.4. The zero-order chi connectivity index (χ0) is 19.3. The summed E-state index contributed by atoms with van der Waals surface area (Å²) in [7, 11) is 0. The Kier molecular flexibility index (Phi) is 5.53. The predicted molar refractivity (Wildman–Crippen MR) is 111 cm³/mol. The van der Waals surface area contributed by atoms with Crippen LogP contribution in [0.5, 0.6) is 11.5 Å². The SMILES string of the molecule is C[C@@H](NC(=O)[C@@H](Sc1ccccc1)c1ccccc1)c1ccc2c(c1)OCO2. The largest absolute Gasteiger partial charge is 0.454 e. The molecule has 2 atom stereocenters. The van der Waals surface area contributed by atoms with Crippen LogP contribution in [0.1, 0.15) is 29.3 Å². The van der Waals surface area contributed by atoms with Crippen LogP contribution < -0.4 is 14.8 Å². The molecule has 1 N–H and O–H groups in total. The van der Waals surface area contributed by atoms with Crippen molar-refractivity contribution in [3.63, 3.8) is 0 Å². The summed E-state index contributed by atoms with van der Waals surface area (Å²) in [5.74, 6) is 1.44. The first-order valence-corrected chi connectivity index (χ1v) is 10.1. The molecular formula is C23H21NO3S. The summed E-state index contributed by atoms with van der Waals surface area (Å²) in [6, 6.07) is 25.5. The van der Waals surface area contributed by atoms with E-state index in [1.54, 1.807) is 11.8 Å². The standard InChI is InChI=1S/C23H21NO3S/c1-16(18-12-13-20-21(14-18)27-15-26-20)24-23(25)22(17-8-4-2-5-9-17)28-19-10-6-3-7-11-19/h2-14,16,22H,15H2,1H3,(H,24,25)/t16-,22+/m1/s1. The van der Waals surface area contributed by atoms with Crippen molar-refractivity contribution in [2.45, 2.75) is 23.1 Å². The first-order valence-electron chi connectivity index (χ1n) is 9.17. The van der Waals surface area contributed by atoms with Gasteiger partial charge in [0.1, 0.15) is 5.25 Å². The van der Waals surface area contributed by atoms with Gasteiger partial charge in [0.25, 0.3) is 0 Å². The van der Waals surface area contributed by atoms with Gasteiger partial charge in [-0.15, -0.1) is 11.8 Å². The lowest BCUT2D eigenvalue weighted by atomic mass is 10.1. The summed E-state index contributed by atoms with van der Waals surface area (Å²) in [5.41, 5.74) is 1.96. The van der Waals surface area contributed by atoms with Crippen LogP contribution in [0.25, 0.3) is 0 Å². The highest BCUT2D eigenvalue weighted by atomic mass is 32.2. The maximum absolute atomic E-state index is 13.2. The summed E-state index contributed by atoms with van der Waals surface area (Å²) in [6.07, 6.45) is 0. The van der Waals surface area contributed by atoms with E-state index in [9.17, 15) is 4.79 Å². The smallest absolute Gasteiger partial charge is 0.238 e. The van der Waals surface area contributed by atoms with E-state index in [0.717, 1.165) is 27.5 Å². The van der Waals surface area contributed by atoms with Gasteiger partial charge < -0.3 is 14.8 Å². The van der Waals surface area contributed by atoms with E-state index in [1.807, 2.05) is 85.8 Å². The Morgan fingerprint density at radius 3 is 2.32 bits per heavy atom. The van der Waals surface area contributed by atoms with Crippen LogP contribution in [-0.4, -0.2) is 12.7 Å². The van der Waals surface area contributed by atoms with Crippen molar-refractivity contribution >= 4 is 17.7 Å². The molecule has 0 aromatic heterocycles. The number of benzene rings is 3. The normalized spacial score (nSPS) is 14.3. The average Bonchev–Trinajstić information content (AvgIpc) is 3.21. The molecule has 1 aliphatic rings. The van der Waals surface area contributed by atoms with E-state index < -0.39 is 0 Å². The third-order valence-corrected chi connectivity index (χ3v) is 5.86. The molecule has 1 aliphatic heterocycles. The van der Waals surface area contributed by atoms with Gasteiger partial charge in [-0.25, -0.2) is 0 Å². The zero-order valence-corrected chi connectivity index (χ0v) is 16.3. The minimum absolute atomic E-state index is 0.0229. The van der Waals surface area contributed by atoms with E-state index in [1.165, 1.54) is 0 Å². The Hall–Kier alpha value is -2.92. The van der Waals surface area contributed by atoms with Crippen molar-refractivity contribution in [1.29, 1.82) is 0 Å². The fraction of sp³-hybridized carbons (Fsp3) is 0.174. The number of fused-ring (bicyclic) bond motifs is 1. The number of hydrogen-bond donors (Lipinski definition) is 1. The molecule has 0 saturated heterocycles. The molecule has 5 heteroatoms. The lowest BCUT2D eigenvalue weighted by Crippen LogP contribution is -2.30. The highest BCUT2D eigenvalue weighted by molar-refractivity contribution is 8.00. The molecule has 0 bridgehead atoms. The Balaban J connectivity index is 1.53. The lowest BCUT2D eigenvalue weighted by molar-refractivity contribution is -0.121.